The molecule has 0 unspecified atom stereocenters. The van der Waals surface area contributed by atoms with E-state index in [0.717, 1.165) is 11.1 Å². The maximum absolute atomic E-state index is 10.8. The molecule has 0 fully saturated rings. The third-order valence-electron chi connectivity index (χ3n) is 2.59. The highest BCUT2D eigenvalue weighted by Crippen LogP contribution is 2.18. The molecule has 0 aliphatic heterocycles. The zero-order valence-corrected chi connectivity index (χ0v) is 9.98. The summed E-state index contributed by atoms with van der Waals surface area (Å²) in [5, 5.41) is 13.0. The molecular formula is C12H11ClN2O2. The van der Waals surface area contributed by atoms with Gasteiger partial charge in [-0.2, -0.15) is 5.10 Å². The number of carbonyl (C=O) groups is 1. The molecule has 1 aromatic heterocycles. The summed E-state index contributed by atoms with van der Waals surface area (Å²) in [6.45, 7) is 2.46. The molecule has 2 rings (SSSR count). The van der Waals surface area contributed by atoms with Crippen molar-refractivity contribution in [2.24, 2.45) is 0 Å². The van der Waals surface area contributed by atoms with Crippen LogP contribution >= 0.6 is 11.6 Å². The number of benzene rings is 1. The lowest BCUT2D eigenvalue weighted by atomic mass is 10.1. The molecule has 0 atom stereocenters. The highest BCUT2D eigenvalue weighted by atomic mass is 35.5. The maximum atomic E-state index is 10.8. The van der Waals surface area contributed by atoms with Gasteiger partial charge in [-0.3, -0.25) is 0 Å². The normalized spacial score (nSPS) is 10.5. The number of aryl methyl sites for hydroxylation is 1. The first-order chi connectivity index (χ1) is 8.09. The lowest BCUT2D eigenvalue weighted by molar-refractivity contribution is 0.0697. The summed E-state index contributed by atoms with van der Waals surface area (Å²) in [6.07, 6.45) is 1.27. The summed E-state index contributed by atoms with van der Waals surface area (Å²) in [5.41, 5.74) is 2.21. The van der Waals surface area contributed by atoms with Gasteiger partial charge in [0.1, 0.15) is 10.7 Å². The minimum Gasteiger partial charge on any atom is -0.478 e. The van der Waals surface area contributed by atoms with Gasteiger partial charge in [-0.1, -0.05) is 35.9 Å². The zero-order valence-electron chi connectivity index (χ0n) is 9.22. The van der Waals surface area contributed by atoms with Crippen molar-refractivity contribution < 1.29 is 9.90 Å². The van der Waals surface area contributed by atoms with Crippen molar-refractivity contribution in [3.63, 3.8) is 0 Å². The van der Waals surface area contributed by atoms with Gasteiger partial charge in [-0.25, -0.2) is 9.48 Å². The summed E-state index contributed by atoms with van der Waals surface area (Å²) < 4.78 is 1.48. The Bertz CT molecular complexity index is 563. The number of aromatic nitrogens is 2. The second-order valence-electron chi connectivity index (χ2n) is 3.74. The Morgan fingerprint density at radius 1 is 1.47 bits per heavy atom. The predicted octanol–water partition coefficient (Wildman–Crippen LogP) is 2.59. The fourth-order valence-electron chi connectivity index (χ4n) is 1.57. The van der Waals surface area contributed by atoms with Crippen molar-refractivity contribution in [3.8, 4) is 0 Å². The number of aromatic carboxylic acids is 1. The number of nitrogens with zero attached hydrogens (tertiary/aromatic N) is 2. The number of rotatable bonds is 3. The first-order valence-corrected chi connectivity index (χ1v) is 5.46. The molecule has 88 valence electrons. The van der Waals surface area contributed by atoms with Gasteiger partial charge in [0.25, 0.3) is 0 Å². The number of halogens is 1. The van der Waals surface area contributed by atoms with Gasteiger partial charge in [0.2, 0.25) is 0 Å². The highest BCUT2D eigenvalue weighted by molar-refractivity contribution is 6.32. The Kier molecular flexibility index (Phi) is 3.15. The number of hydrogen-bond donors (Lipinski definition) is 1. The van der Waals surface area contributed by atoms with E-state index in [4.69, 9.17) is 16.7 Å². The number of hydrogen-bond acceptors (Lipinski definition) is 2. The molecule has 1 heterocycles. The molecule has 5 heteroatoms. The second kappa shape index (κ2) is 4.59. The summed E-state index contributed by atoms with van der Waals surface area (Å²) in [7, 11) is 0. The number of carboxylic acids is 1. The van der Waals surface area contributed by atoms with Crippen molar-refractivity contribution in [3.05, 3.63) is 52.3 Å². The molecule has 0 amide bonds. The minimum atomic E-state index is -1.06. The number of carboxylic acid groups (broad SMARTS) is 1. The lowest BCUT2D eigenvalue weighted by Gasteiger charge is -2.06. The lowest BCUT2D eigenvalue weighted by Crippen LogP contribution is -2.04. The average molecular weight is 251 g/mol. The van der Waals surface area contributed by atoms with E-state index < -0.39 is 5.97 Å². The highest BCUT2D eigenvalue weighted by Gasteiger charge is 2.14. The van der Waals surface area contributed by atoms with E-state index in [1.54, 1.807) is 0 Å². The van der Waals surface area contributed by atoms with Crippen LogP contribution < -0.4 is 0 Å². The van der Waals surface area contributed by atoms with Crippen LogP contribution in [-0.4, -0.2) is 20.9 Å². The van der Waals surface area contributed by atoms with Crippen molar-refractivity contribution >= 4 is 17.6 Å². The molecule has 0 saturated carbocycles. The third-order valence-corrected chi connectivity index (χ3v) is 2.99. The van der Waals surface area contributed by atoms with E-state index in [9.17, 15) is 4.79 Å². The van der Waals surface area contributed by atoms with Gasteiger partial charge in [0, 0.05) is 0 Å². The van der Waals surface area contributed by atoms with Crippen molar-refractivity contribution in [1.82, 2.24) is 9.78 Å². The standard InChI is InChI=1S/C12H11ClN2O2/c1-8-4-2-3-5-9(8)7-15-11(13)10(6-14-15)12(16)17/h2-6H,7H2,1H3,(H,16,17). The van der Waals surface area contributed by atoms with E-state index in [2.05, 4.69) is 5.10 Å². The topological polar surface area (TPSA) is 55.1 Å². The van der Waals surface area contributed by atoms with Gasteiger partial charge in [-0.05, 0) is 18.1 Å². The molecule has 0 bridgehead atoms. The van der Waals surface area contributed by atoms with Gasteiger partial charge < -0.3 is 5.11 Å². The Morgan fingerprint density at radius 3 is 2.76 bits per heavy atom. The predicted molar refractivity (Wildman–Crippen MR) is 64.5 cm³/mol. The molecule has 0 aliphatic rings. The van der Waals surface area contributed by atoms with Crippen LogP contribution in [0.4, 0.5) is 0 Å². The fourth-order valence-corrected chi connectivity index (χ4v) is 1.81. The van der Waals surface area contributed by atoms with Crippen molar-refractivity contribution in [2.75, 3.05) is 0 Å². The second-order valence-corrected chi connectivity index (χ2v) is 4.10. The van der Waals surface area contributed by atoms with Crippen LogP contribution in [0, 0.1) is 6.92 Å². The summed E-state index contributed by atoms with van der Waals surface area (Å²) in [4.78, 5) is 10.8. The molecule has 1 N–H and O–H groups in total. The van der Waals surface area contributed by atoms with Crippen LogP contribution in [0.2, 0.25) is 5.15 Å². The first kappa shape index (κ1) is 11.7. The zero-order chi connectivity index (χ0) is 12.4. The van der Waals surface area contributed by atoms with Crippen LogP contribution in [-0.2, 0) is 6.54 Å². The molecule has 0 saturated heterocycles. The quantitative estimate of drug-likeness (QED) is 0.911. The Morgan fingerprint density at radius 2 is 2.18 bits per heavy atom. The molecule has 4 nitrogen and oxygen atoms in total. The Balaban J connectivity index is 2.31. The van der Waals surface area contributed by atoms with Gasteiger partial charge in [0.15, 0.2) is 0 Å². The Hall–Kier alpha value is -1.81. The summed E-state index contributed by atoms with van der Waals surface area (Å²) in [5.74, 6) is -1.06. The SMILES string of the molecule is Cc1ccccc1Cn1ncc(C(=O)O)c1Cl. The first-order valence-electron chi connectivity index (χ1n) is 5.08. The van der Waals surface area contributed by atoms with E-state index in [-0.39, 0.29) is 10.7 Å². The molecule has 0 aliphatic carbocycles. The fraction of sp³-hybridized carbons (Fsp3) is 0.167. The van der Waals surface area contributed by atoms with E-state index in [0.29, 0.717) is 6.54 Å². The van der Waals surface area contributed by atoms with E-state index in [1.807, 2.05) is 31.2 Å². The van der Waals surface area contributed by atoms with Crippen LogP contribution in [0.3, 0.4) is 0 Å². The molecular weight excluding hydrogens is 240 g/mol. The van der Waals surface area contributed by atoms with E-state index in [1.165, 1.54) is 10.9 Å². The maximum Gasteiger partial charge on any atom is 0.340 e. The Labute approximate surface area is 103 Å². The smallest absolute Gasteiger partial charge is 0.340 e. The van der Waals surface area contributed by atoms with Crippen molar-refractivity contribution in [2.45, 2.75) is 13.5 Å². The molecule has 1 aromatic carbocycles. The summed E-state index contributed by atoms with van der Waals surface area (Å²) in [6, 6.07) is 7.84. The minimum absolute atomic E-state index is 0.0280. The molecule has 0 radical (unpaired) electrons. The van der Waals surface area contributed by atoms with Crippen LogP contribution in [0.15, 0.2) is 30.5 Å². The monoisotopic (exact) mass is 250 g/mol. The van der Waals surface area contributed by atoms with E-state index >= 15 is 0 Å². The van der Waals surface area contributed by atoms with Crippen molar-refractivity contribution in [1.29, 1.82) is 0 Å². The average Bonchev–Trinajstić information content (AvgIpc) is 2.64. The van der Waals surface area contributed by atoms with Gasteiger partial charge in [-0.15, -0.1) is 0 Å². The molecule has 0 spiro atoms. The van der Waals surface area contributed by atoms with Crippen LogP contribution in [0.1, 0.15) is 21.5 Å². The van der Waals surface area contributed by atoms with Gasteiger partial charge >= 0.3 is 5.97 Å². The molecule has 2 aromatic rings. The van der Waals surface area contributed by atoms with Gasteiger partial charge in [0.05, 0.1) is 12.7 Å². The summed E-state index contributed by atoms with van der Waals surface area (Å²) >= 11 is 5.94. The van der Waals surface area contributed by atoms with Crippen LogP contribution in [0.5, 0.6) is 0 Å². The largest absolute Gasteiger partial charge is 0.478 e. The molecule has 17 heavy (non-hydrogen) atoms. The third kappa shape index (κ3) is 2.31. The van der Waals surface area contributed by atoms with Crippen LogP contribution in [0.25, 0.3) is 0 Å².